The molecule has 0 spiro atoms. The van der Waals surface area contributed by atoms with E-state index in [1.54, 1.807) is 24.8 Å². The Morgan fingerprint density at radius 2 is 2.23 bits per heavy atom. The molecule has 0 saturated carbocycles. The Morgan fingerprint density at radius 1 is 1.50 bits per heavy atom. The van der Waals surface area contributed by atoms with Gasteiger partial charge in [-0.05, 0) is 24.5 Å². The van der Waals surface area contributed by atoms with Gasteiger partial charge in [0.15, 0.2) is 5.17 Å². The summed E-state index contributed by atoms with van der Waals surface area (Å²) in [5, 5.41) is 12.2. The number of rotatable bonds is 3. The van der Waals surface area contributed by atoms with E-state index in [0.717, 1.165) is 10.9 Å². The van der Waals surface area contributed by atoms with E-state index in [1.165, 1.54) is 19.2 Å². The monoisotopic (exact) mass is 395 g/mol. The maximum Gasteiger partial charge on any atom is 0.338 e. The second-order valence-electron chi connectivity index (χ2n) is 6.32. The third-order valence-electron chi connectivity index (χ3n) is 4.38. The molecule has 0 N–H and O–H groups in total. The summed E-state index contributed by atoms with van der Waals surface area (Å²) >= 11 is 7.58. The zero-order valence-corrected chi connectivity index (χ0v) is 16.1. The molecule has 0 amide bonds. The molecule has 1 aromatic rings. The molecular formula is C17H18ClN3O4S. The molecule has 1 aromatic carbocycles. The molecule has 138 valence electrons. The highest BCUT2D eigenvalue weighted by Gasteiger charge is 2.39. The Morgan fingerprint density at radius 3 is 2.88 bits per heavy atom. The van der Waals surface area contributed by atoms with Crippen LogP contribution in [-0.2, 0) is 9.53 Å². The predicted octanol–water partition coefficient (Wildman–Crippen LogP) is 3.79. The first-order chi connectivity index (χ1) is 12.3. The van der Waals surface area contributed by atoms with Gasteiger partial charge in [-0.2, -0.15) is 0 Å². The number of carbonyl (C=O) groups excluding carboxylic acids is 1. The van der Waals surface area contributed by atoms with Gasteiger partial charge in [-0.1, -0.05) is 36.4 Å². The SMILES string of the molecule is COC(=O)C1=C(C)N=C2SCC(C)CN2C1c1ccc(Cl)c([N+](=O)[O-])c1. The first-order valence-electron chi connectivity index (χ1n) is 8.04. The largest absolute Gasteiger partial charge is 0.466 e. The molecule has 2 aliphatic heterocycles. The van der Waals surface area contributed by atoms with Crippen LogP contribution in [0.5, 0.6) is 0 Å². The number of amidine groups is 1. The van der Waals surface area contributed by atoms with Crippen molar-refractivity contribution in [1.82, 2.24) is 4.90 Å². The van der Waals surface area contributed by atoms with Crippen molar-refractivity contribution in [3.8, 4) is 0 Å². The molecule has 2 heterocycles. The quantitative estimate of drug-likeness (QED) is 0.439. The second-order valence-corrected chi connectivity index (χ2v) is 7.72. The summed E-state index contributed by atoms with van der Waals surface area (Å²) in [5.41, 5.74) is 1.38. The first kappa shape index (κ1) is 18.7. The number of benzene rings is 1. The topological polar surface area (TPSA) is 85.0 Å². The van der Waals surface area contributed by atoms with Crippen LogP contribution in [0, 0.1) is 16.0 Å². The Hall–Kier alpha value is -2.06. The van der Waals surface area contributed by atoms with Crippen molar-refractivity contribution in [2.24, 2.45) is 10.9 Å². The zero-order chi connectivity index (χ0) is 19.0. The minimum atomic E-state index is -0.522. The number of hydrogen-bond acceptors (Lipinski definition) is 7. The average molecular weight is 396 g/mol. The van der Waals surface area contributed by atoms with Gasteiger partial charge in [-0.3, -0.25) is 10.1 Å². The molecular weight excluding hydrogens is 378 g/mol. The van der Waals surface area contributed by atoms with Crippen molar-refractivity contribution >= 4 is 40.2 Å². The summed E-state index contributed by atoms with van der Waals surface area (Å²) in [6, 6.07) is 4.13. The number of allylic oxidation sites excluding steroid dienone is 1. The van der Waals surface area contributed by atoms with E-state index in [9.17, 15) is 14.9 Å². The van der Waals surface area contributed by atoms with Gasteiger partial charge >= 0.3 is 5.97 Å². The number of aliphatic imine (C=N–C) groups is 1. The number of halogens is 1. The number of thioether (sulfide) groups is 1. The van der Waals surface area contributed by atoms with Crippen LogP contribution in [0.2, 0.25) is 5.02 Å². The molecule has 0 radical (unpaired) electrons. The number of esters is 1. The van der Waals surface area contributed by atoms with Crippen LogP contribution in [0.1, 0.15) is 25.5 Å². The first-order valence-corrected chi connectivity index (χ1v) is 9.41. The number of nitro groups is 1. The molecule has 0 aliphatic carbocycles. The molecule has 0 aromatic heterocycles. The number of methoxy groups -OCH3 is 1. The van der Waals surface area contributed by atoms with E-state index in [4.69, 9.17) is 16.3 Å². The maximum atomic E-state index is 12.5. The smallest absolute Gasteiger partial charge is 0.338 e. The van der Waals surface area contributed by atoms with Gasteiger partial charge < -0.3 is 9.64 Å². The highest BCUT2D eigenvalue weighted by Crippen LogP contribution is 2.42. The van der Waals surface area contributed by atoms with Gasteiger partial charge in [0.1, 0.15) is 5.02 Å². The predicted molar refractivity (Wildman–Crippen MR) is 101 cm³/mol. The maximum absolute atomic E-state index is 12.5. The molecule has 1 saturated heterocycles. The number of nitrogens with zero attached hydrogens (tertiary/aromatic N) is 3. The Labute approximate surface area is 160 Å². The number of hydrogen-bond donors (Lipinski definition) is 0. The lowest BCUT2D eigenvalue weighted by molar-refractivity contribution is -0.384. The second kappa shape index (κ2) is 7.28. The van der Waals surface area contributed by atoms with Gasteiger partial charge in [0.05, 0.1) is 29.3 Å². The van der Waals surface area contributed by atoms with E-state index < -0.39 is 16.9 Å². The van der Waals surface area contributed by atoms with Crippen LogP contribution < -0.4 is 0 Å². The third kappa shape index (κ3) is 3.31. The number of ether oxygens (including phenoxy) is 1. The highest BCUT2D eigenvalue weighted by molar-refractivity contribution is 8.13. The van der Waals surface area contributed by atoms with Crippen LogP contribution in [0.15, 0.2) is 34.5 Å². The summed E-state index contributed by atoms with van der Waals surface area (Å²) < 4.78 is 4.96. The van der Waals surface area contributed by atoms with Crippen LogP contribution in [-0.4, -0.2) is 40.4 Å². The highest BCUT2D eigenvalue weighted by atomic mass is 35.5. The summed E-state index contributed by atoms with van der Waals surface area (Å²) in [4.78, 5) is 29.8. The number of fused-ring (bicyclic) bond motifs is 1. The minimum Gasteiger partial charge on any atom is -0.466 e. The minimum absolute atomic E-state index is 0.0603. The van der Waals surface area contributed by atoms with Crippen molar-refractivity contribution in [3.63, 3.8) is 0 Å². The fourth-order valence-electron chi connectivity index (χ4n) is 3.19. The van der Waals surface area contributed by atoms with Crippen molar-refractivity contribution in [3.05, 3.63) is 50.2 Å². The number of nitro benzene ring substituents is 1. The van der Waals surface area contributed by atoms with Crippen LogP contribution >= 0.6 is 23.4 Å². The molecule has 2 aliphatic rings. The van der Waals surface area contributed by atoms with Gasteiger partial charge in [0.25, 0.3) is 5.69 Å². The van der Waals surface area contributed by atoms with E-state index in [2.05, 4.69) is 11.9 Å². The lowest BCUT2D eigenvalue weighted by Crippen LogP contribution is -2.45. The van der Waals surface area contributed by atoms with Crippen molar-refractivity contribution in [2.45, 2.75) is 19.9 Å². The molecule has 2 unspecified atom stereocenters. The van der Waals surface area contributed by atoms with Crippen molar-refractivity contribution in [1.29, 1.82) is 0 Å². The van der Waals surface area contributed by atoms with Crippen molar-refractivity contribution < 1.29 is 14.5 Å². The molecule has 0 bridgehead atoms. The normalized spacial score (nSPS) is 22.6. The molecule has 26 heavy (non-hydrogen) atoms. The zero-order valence-electron chi connectivity index (χ0n) is 14.6. The molecule has 2 atom stereocenters. The van der Waals surface area contributed by atoms with Gasteiger partial charge in [0, 0.05) is 18.4 Å². The molecule has 3 rings (SSSR count). The summed E-state index contributed by atoms with van der Waals surface area (Å²) in [6.07, 6.45) is 0. The molecule has 1 fully saturated rings. The Balaban J connectivity index is 2.17. The average Bonchev–Trinajstić information content (AvgIpc) is 2.60. The fraction of sp³-hybridized carbons (Fsp3) is 0.412. The summed E-state index contributed by atoms with van der Waals surface area (Å²) in [7, 11) is 1.32. The fourth-order valence-corrected chi connectivity index (χ4v) is 4.46. The Bertz CT molecular complexity index is 839. The molecule has 9 heteroatoms. The summed E-state index contributed by atoms with van der Waals surface area (Å²) in [5.74, 6) is 0.834. The van der Waals surface area contributed by atoms with Gasteiger partial charge in [-0.25, -0.2) is 9.79 Å². The van der Waals surface area contributed by atoms with E-state index in [1.807, 2.05) is 4.90 Å². The van der Waals surface area contributed by atoms with Gasteiger partial charge in [-0.15, -0.1) is 0 Å². The lowest BCUT2D eigenvalue weighted by atomic mass is 9.93. The van der Waals surface area contributed by atoms with E-state index >= 15 is 0 Å². The van der Waals surface area contributed by atoms with Crippen molar-refractivity contribution in [2.75, 3.05) is 19.4 Å². The third-order valence-corrected chi connectivity index (χ3v) is 6.02. The van der Waals surface area contributed by atoms with Gasteiger partial charge in [0.2, 0.25) is 0 Å². The number of carbonyl (C=O) groups is 1. The Kier molecular flexibility index (Phi) is 5.24. The van der Waals surface area contributed by atoms with E-state index in [0.29, 0.717) is 29.3 Å². The van der Waals surface area contributed by atoms with Crippen LogP contribution in [0.25, 0.3) is 0 Å². The lowest BCUT2D eigenvalue weighted by Gasteiger charge is -2.42. The standard InChI is InChI=1S/C17H18ClN3O4S/c1-9-7-20-15(11-4-5-12(18)13(6-11)21(23)24)14(16(22)25-3)10(2)19-17(20)26-8-9/h4-6,9,15H,7-8H2,1-3H3. The molecule has 7 nitrogen and oxygen atoms in total. The van der Waals surface area contributed by atoms with Crippen LogP contribution in [0.4, 0.5) is 5.69 Å². The van der Waals surface area contributed by atoms with E-state index in [-0.39, 0.29) is 10.7 Å². The summed E-state index contributed by atoms with van der Waals surface area (Å²) in [6.45, 7) is 4.57. The van der Waals surface area contributed by atoms with Crippen LogP contribution in [0.3, 0.4) is 0 Å².